The van der Waals surface area contributed by atoms with E-state index in [2.05, 4.69) is 10.1 Å². The lowest BCUT2D eigenvalue weighted by molar-refractivity contribution is -0.161. The SMILES string of the molecule is CCOC(=O)C1(Cc2cnn3cc(CN)nc3c2)CC(C(F)(F)F)NC1=O. The number of fused-ring (bicyclic) bond motifs is 1. The molecule has 8 nitrogen and oxygen atoms in total. The number of nitrogens with one attached hydrogen (secondary N) is 1. The number of hydrogen-bond acceptors (Lipinski definition) is 6. The minimum Gasteiger partial charge on any atom is -0.465 e. The zero-order valence-corrected chi connectivity index (χ0v) is 14.4. The van der Waals surface area contributed by atoms with E-state index in [0.717, 1.165) is 0 Å². The highest BCUT2D eigenvalue weighted by Gasteiger charge is 2.60. The van der Waals surface area contributed by atoms with Crippen molar-refractivity contribution in [1.29, 1.82) is 0 Å². The third-order valence-electron chi connectivity index (χ3n) is 4.50. The molecular weight excluding hydrogens is 367 g/mol. The Morgan fingerprint density at radius 2 is 2.26 bits per heavy atom. The lowest BCUT2D eigenvalue weighted by Gasteiger charge is -2.24. The van der Waals surface area contributed by atoms with Crippen LogP contribution < -0.4 is 11.1 Å². The van der Waals surface area contributed by atoms with E-state index < -0.39 is 35.9 Å². The third kappa shape index (κ3) is 3.46. The molecule has 2 atom stereocenters. The summed E-state index contributed by atoms with van der Waals surface area (Å²) in [7, 11) is 0. The highest BCUT2D eigenvalue weighted by Crippen LogP contribution is 2.40. The van der Waals surface area contributed by atoms with Gasteiger partial charge in [-0.3, -0.25) is 9.59 Å². The van der Waals surface area contributed by atoms with Crippen LogP contribution in [0.4, 0.5) is 13.2 Å². The highest BCUT2D eigenvalue weighted by atomic mass is 19.4. The Bertz CT molecular complexity index is 882. The molecule has 1 aliphatic rings. The van der Waals surface area contributed by atoms with Gasteiger partial charge in [-0.1, -0.05) is 0 Å². The molecule has 1 saturated heterocycles. The van der Waals surface area contributed by atoms with Gasteiger partial charge in [-0.15, -0.1) is 0 Å². The number of imidazole rings is 1. The molecule has 3 rings (SSSR count). The fourth-order valence-electron chi connectivity index (χ4n) is 3.16. The fourth-order valence-corrected chi connectivity index (χ4v) is 3.16. The van der Waals surface area contributed by atoms with Gasteiger partial charge in [0.25, 0.3) is 0 Å². The van der Waals surface area contributed by atoms with Crippen LogP contribution in [-0.4, -0.2) is 45.3 Å². The van der Waals surface area contributed by atoms with Crippen molar-refractivity contribution in [1.82, 2.24) is 19.9 Å². The number of esters is 1. The lowest BCUT2D eigenvalue weighted by Crippen LogP contribution is -2.42. The molecule has 2 aromatic rings. The standard InChI is InChI=1S/C16H18F3N5O3/c1-2-27-14(26)15(5-11(16(17,18)19)23-13(15)25)4-9-3-12-22-10(6-20)8-24(12)21-7-9/h3,7-8,11H,2,4-6,20H2,1H3,(H,23,25). The van der Waals surface area contributed by atoms with E-state index in [-0.39, 0.29) is 19.6 Å². The molecule has 1 amide bonds. The van der Waals surface area contributed by atoms with Crippen LogP contribution in [0.2, 0.25) is 0 Å². The van der Waals surface area contributed by atoms with E-state index in [0.29, 0.717) is 16.9 Å². The first-order valence-corrected chi connectivity index (χ1v) is 8.28. The number of halogens is 3. The molecule has 0 spiro atoms. The lowest BCUT2D eigenvalue weighted by atomic mass is 9.79. The zero-order chi connectivity index (χ0) is 19.8. The Labute approximate surface area is 151 Å². The molecule has 0 bridgehead atoms. The summed E-state index contributed by atoms with van der Waals surface area (Å²) in [4.78, 5) is 29.1. The maximum Gasteiger partial charge on any atom is 0.408 e. The Morgan fingerprint density at radius 3 is 2.85 bits per heavy atom. The van der Waals surface area contributed by atoms with Gasteiger partial charge < -0.3 is 15.8 Å². The number of nitrogens with two attached hydrogens (primary N) is 1. The molecule has 2 unspecified atom stereocenters. The molecule has 0 aliphatic carbocycles. The molecule has 0 aromatic carbocycles. The minimum absolute atomic E-state index is 0.0536. The monoisotopic (exact) mass is 385 g/mol. The van der Waals surface area contributed by atoms with Crippen molar-refractivity contribution in [2.45, 2.75) is 38.5 Å². The van der Waals surface area contributed by atoms with Crippen LogP contribution in [0.1, 0.15) is 24.6 Å². The van der Waals surface area contributed by atoms with Gasteiger partial charge in [0.2, 0.25) is 5.91 Å². The van der Waals surface area contributed by atoms with Crippen molar-refractivity contribution >= 4 is 17.5 Å². The number of rotatable bonds is 5. The summed E-state index contributed by atoms with van der Waals surface area (Å²) in [5, 5.41) is 5.99. The summed E-state index contributed by atoms with van der Waals surface area (Å²) in [5.74, 6) is -1.99. The van der Waals surface area contributed by atoms with E-state index >= 15 is 0 Å². The topological polar surface area (TPSA) is 112 Å². The first-order valence-electron chi connectivity index (χ1n) is 8.28. The van der Waals surface area contributed by atoms with E-state index in [1.165, 1.54) is 17.6 Å². The third-order valence-corrected chi connectivity index (χ3v) is 4.50. The average Bonchev–Trinajstić information content (AvgIpc) is 3.16. The van der Waals surface area contributed by atoms with E-state index in [9.17, 15) is 22.8 Å². The van der Waals surface area contributed by atoms with Crippen LogP contribution in [0.3, 0.4) is 0 Å². The Hall–Kier alpha value is -2.69. The van der Waals surface area contributed by atoms with Gasteiger partial charge in [-0.25, -0.2) is 9.50 Å². The summed E-state index contributed by atoms with van der Waals surface area (Å²) in [6, 6.07) is -0.553. The largest absolute Gasteiger partial charge is 0.465 e. The van der Waals surface area contributed by atoms with Gasteiger partial charge in [0.05, 0.1) is 24.7 Å². The van der Waals surface area contributed by atoms with Crippen molar-refractivity contribution in [2.75, 3.05) is 6.61 Å². The number of nitrogens with zero attached hydrogens (tertiary/aromatic N) is 3. The van der Waals surface area contributed by atoms with E-state index in [4.69, 9.17) is 10.5 Å². The Balaban J connectivity index is 1.97. The molecule has 1 fully saturated rings. The van der Waals surface area contributed by atoms with Gasteiger partial charge >= 0.3 is 12.1 Å². The molecule has 3 N–H and O–H groups in total. The van der Waals surface area contributed by atoms with Crippen molar-refractivity contribution in [3.05, 3.63) is 29.7 Å². The quantitative estimate of drug-likeness (QED) is 0.580. The molecule has 1 aliphatic heterocycles. The van der Waals surface area contributed by atoms with Crippen LogP contribution >= 0.6 is 0 Å². The average molecular weight is 385 g/mol. The van der Waals surface area contributed by atoms with Crippen molar-refractivity contribution in [3.63, 3.8) is 0 Å². The predicted molar refractivity (Wildman–Crippen MR) is 86.3 cm³/mol. The molecular formula is C16H18F3N5O3. The van der Waals surface area contributed by atoms with Crippen LogP contribution in [0.5, 0.6) is 0 Å². The van der Waals surface area contributed by atoms with E-state index in [1.807, 2.05) is 5.32 Å². The van der Waals surface area contributed by atoms with Gasteiger partial charge in [0.15, 0.2) is 11.1 Å². The summed E-state index contributed by atoms with van der Waals surface area (Å²) < 4.78 is 45.7. The van der Waals surface area contributed by atoms with Crippen LogP contribution in [0.25, 0.3) is 5.65 Å². The maximum absolute atomic E-state index is 13.1. The molecule has 0 saturated carbocycles. The Morgan fingerprint density at radius 1 is 1.52 bits per heavy atom. The normalized spacial score (nSPS) is 22.9. The van der Waals surface area contributed by atoms with Crippen molar-refractivity contribution in [2.24, 2.45) is 11.1 Å². The first-order chi connectivity index (χ1) is 12.7. The van der Waals surface area contributed by atoms with Gasteiger partial charge in [0, 0.05) is 13.0 Å². The second kappa shape index (κ2) is 6.80. The molecule has 27 heavy (non-hydrogen) atoms. The number of carbonyl (C=O) groups is 2. The number of aromatic nitrogens is 3. The number of alkyl halides is 3. The number of carbonyl (C=O) groups excluding carboxylic acids is 2. The zero-order valence-electron chi connectivity index (χ0n) is 14.4. The minimum atomic E-state index is -4.66. The molecule has 2 aromatic heterocycles. The van der Waals surface area contributed by atoms with Gasteiger partial charge in [-0.05, 0) is 25.0 Å². The fraction of sp³-hybridized carbons (Fsp3) is 0.500. The number of ether oxygens (including phenoxy) is 1. The molecule has 0 radical (unpaired) electrons. The van der Waals surface area contributed by atoms with Gasteiger partial charge in [0.1, 0.15) is 6.04 Å². The Kier molecular flexibility index (Phi) is 4.81. The summed E-state index contributed by atoms with van der Waals surface area (Å²) >= 11 is 0. The van der Waals surface area contributed by atoms with Crippen LogP contribution in [0, 0.1) is 5.41 Å². The summed E-state index contributed by atoms with van der Waals surface area (Å²) in [6.45, 7) is 1.66. The number of amides is 1. The second-order valence-electron chi connectivity index (χ2n) is 6.35. The maximum atomic E-state index is 13.1. The molecule has 11 heteroatoms. The smallest absolute Gasteiger partial charge is 0.408 e. The van der Waals surface area contributed by atoms with Crippen molar-refractivity contribution in [3.8, 4) is 0 Å². The summed E-state index contributed by atoms with van der Waals surface area (Å²) in [5.41, 5.74) is 4.94. The van der Waals surface area contributed by atoms with Crippen molar-refractivity contribution < 1.29 is 27.5 Å². The van der Waals surface area contributed by atoms with Crippen LogP contribution in [0.15, 0.2) is 18.5 Å². The van der Waals surface area contributed by atoms with Crippen LogP contribution in [-0.2, 0) is 27.3 Å². The second-order valence-corrected chi connectivity index (χ2v) is 6.35. The first kappa shape index (κ1) is 19.1. The number of hydrogen-bond donors (Lipinski definition) is 2. The molecule has 3 heterocycles. The van der Waals surface area contributed by atoms with Gasteiger partial charge in [-0.2, -0.15) is 18.3 Å². The predicted octanol–water partition coefficient (Wildman–Crippen LogP) is 0.731. The summed E-state index contributed by atoms with van der Waals surface area (Å²) in [6.07, 6.45) is -2.68. The highest BCUT2D eigenvalue weighted by molar-refractivity contribution is 6.04. The molecule has 146 valence electrons. The van der Waals surface area contributed by atoms with E-state index in [1.54, 1.807) is 12.3 Å².